The molecule has 7 heteroatoms. The van der Waals surface area contributed by atoms with Gasteiger partial charge in [-0.1, -0.05) is 90.4 Å². The zero-order valence-electron chi connectivity index (χ0n) is 15.3. The molecule has 0 atom stereocenters. The Morgan fingerprint density at radius 1 is 0.760 bits per heavy atom. The molecule has 0 bridgehead atoms. The first-order valence-corrected chi connectivity index (χ1v) is 11.2. The molecular formula is C18H37NaO5S. The van der Waals surface area contributed by atoms with E-state index >= 15 is 0 Å². The van der Waals surface area contributed by atoms with Gasteiger partial charge in [-0.05, 0) is 6.42 Å². The molecule has 0 heterocycles. The number of rotatable bonds is 17. The second-order valence-electron chi connectivity index (χ2n) is 6.54. The second-order valence-corrected chi connectivity index (χ2v) is 8.00. The molecule has 0 saturated heterocycles. The van der Waals surface area contributed by atoms with Crippen molar-refractivity contribution in [3.8, 4) is 0 Å². The van der Waals surface area contributed by atoms with Gasteiger partial charge in [-0.2, -0.15) is 8.42 Å². The van der Waals surface area contributed by atoms with Crippen molar-refractivity contribution >= 4 is 45.6 Å². The molecule has 0 aliphatic rings. The summed E-state index contributed by atoms with van der Waals surface area (Å²) in [6.45, 7) is 2.48. The van der Waals surface area contributed by atoms with E-state index in [-0.39, 0.29) is 36.2 Å². The van der Waals surface area contributed by atoms with Crippen LogP contribution < -0.4 is 0 Å². The molecule has 0 aliphatic heterocycles. The van der Waals surface area contributed by atoms with Crippen LogP contribution in [0, 0.1) is 0 Å². The third kappa shape index (κ3) is 24.4. The van der Waals surface area contributed by atoms with E-state index in [4.69, 9.17) is 9.29 Å². The number of esters is 1. The Hall–Kier alpha value is 0.380. The van der Waals surface area contributed by atoms with E-state index < -0.39 is 21.8 Å². The topological polar surface area (TPSA) is 80.7 Å². The number of carbonyl (C=O) groups excluding carboxylic acids is 1. The average molecular weight is 389 g/mol. The van der Waals surface area contributed by atoms with Crippen molar-refractivity contribution in [3.05, 3.63) is 0 Å². The summed E-state index contributed by atoms with van der Waals surface area (Å²) in [5, 5.41) is 0. The second kappa shape index (κ2) is 19.2. The molecule has 0 radical (unpaired) electrons. The van der Waals surface area contributed by atoms with Crippen LogP contribution in [0.4, 0.5) is 0 Å². The number of hydrogen-bond acceptors (Lipinski definition) is 4. The van der Waals surface area contributed by atoms with E-state index in [2.05, 4.69) is 6.92 Å². The van der Waals surface area contributed by atoms with Gasteiger partial charge in [0.2, 0.25) is 0 Å². The van der Waals surface area contributed by atoms with Gasteiger partial charge in [0, 0.05) is 0 Å². The Kier molecular flexibility index (Phi) is 21.1. The first-order chi connectivity index (χ1) is 11.5. The Morgan fingerprint density at radius 3 is 1.48 bits per heavy atom. The van der Waals surface area contributed by atoms with Gasteiger partial charge in [0.15, 0.2) is 5.75 Å². The van der Waals surface area contributed by atoms with E-state index in [0.29, 0.717) is 0 Å². The van der Waals surface area contributed by atoms with Crippen molar-refractivity contribution in [3.63, 3.8) is 0 Å². The SMILES string of the molecule is CCCCCCCCCCCCCCCCOC(=O)CS(=O)(=O)O.[NaH]. The molecule has 0 saturated carbocycles. The molecule has 0 unspecified atom stereocenters. The maximum absolute atomic E-state index is 11.0. The van der Waals surface area contributed by atoms with Crippen molar-refractivity contribution in [1.82, 2.24) is 0 Å². The van der Waals surface area contributed by atoms with Gasteiger partial charge < -0.3 is 4.74 Å². The van der Waals surface area contributed by atoms with Gasteiger partial charge in [-0.3, -0.25) is 9.35 Å². The van der Waals surface area contributed by atoms with Crippen LogP contribution in [0.15, 0.2) is 0 Å². The third-order valence-corrected chi connectivity index (χ3v) is 4.66. The first kappa shape index (κ1) is 27.6. The summed E-state index contributed by atoms with van der Waals surface area (Å²) >= 11 is 0. The van der Waals surface area contributed by atoms with Crippen molar-refractivity contribution in [2.24, 2.45) is 0 Å². The molecule has 5 nitrogen and oxygen atoms in total. The fraction of sp³-hybridized carbons (Fsp3) is 0.944. The van der Waals surface area contributed by atoms with Crippen LogP contribution >= 0.6 is 0 Å². The summed E-state index contributed by atoms with van der Waals surface area (Å²) in [6, 6.07) is 0. The van der Waals surface area contributed by atoms with Crippen molar-refractivity contribution in [1.29, 1.82) is 0 Å². The molecule has 0 spiro atoms. The minimum atomic E-state index is -4.27. The molecule has 0 amide bonds. The van der Waals surface area contributed by atoms with E-state index in [1.165, 1.54) is 70.6 Å². The molecule has 0 aromatic carbocycles. The third-order valence-electron chi connectivity index (χ3n) is 4.06. The average Bonchev–Trinajstić information content (AvgIpc) is 2.49. The van der Waals surface area contributed by atoms with E-state index in [1.54, 1.807) is 0 Å². The molecular weight excluding hydrogens is 351 g/mol. The molecule has 0 fully saturated rings. The summed E-state index contributed by atoms with van der Waals surface area (Å²) in [7, 11) is -4.27. The quantitative estimate of drug-likeness (QED) is 0.174. The van der Waals surface area contributed by atoms with Crippen molar-refractivity contribution in [2.75, 3.05) is 12.4 Å². The standard InChI is InChI=1S/C18H36O5S.Na.H/c1-2-3-4-5-6-7-8-9-10-11-12-13-14-15-16-23-18(19)17-24(20,21)22;;/h2-17H2,1H3,(H,20,21,22);;. The monoisotopic (exact) mass is 388 g/mol. The normalized spacial score (nSPS) is 11.1. The summed E-state index contributed by atoms with van der Waals surface area (Å²) < 4.78 is 34.1. The van der Waals surface area contributed by atoms with Gasteiger partial charge >= 0.3 is 35.5 Å². The Bertz CT molecular complexity index is 398. The first-order valence-electron chi connectivity index (χ1n) is 9.56. The molecule has 0 aliphatic carbocycles. The zero-order valence-corrected chi connectivity index (χ0v) is 16.1. The van der Waals surface area contributed by atoms with Gasteiger partial charge in [0.25, 0.3) is 10.1 Å². The molecule has 25 heavy (non-hydrogen) atoms. The summed E-state index contributed by atoms with van der Waals surface area (Å²) in [5.41, 5.74) is 0. The van der Waals surface area contributed by atoms with Crippen LogP contribution in [0.2, 0.25) is 0 Å². The van der Waals surface area contributed by atoms with Crippen LogP contribution in [0.1, 0.15) is 96.8 Å². The fourth-order valence-corrected chi connectivity index (χ4v) is 3.05. The summed E-state index contributed by atoms with van der Waals surface area (Å²) in [6.07, 6.45) is 17.5. The van der Waals surface area contributed by atoms with Crippen molar-refractivity contribution in [2.45, 2.75) is 96.8 Å². The molecule has 1 N–H and O–H groups in total. The number of carbonyl (C=O) groups is 1. The van der Waals surface area contributed by atoms with E-state index in [9.17, 15) is 13.2 Å². The minimum absolute atomic E-state index is 0. The molecule has 0 aromatic rings. The number of hydrogen-bond donors (Lipinski definition) is 1. The Labute approximate surface area is 176 Å². The Balaban J connectivity index is 0. The summed E-state index contributed by atoms with van der Waals surface area (Å²) in [5.74, 6) is -1.84. The van der Waals surface area contributed by atoms with E-state index in [1.807, 2.05) is 0 Å². The van der Waals surface area contributed by atoms with Gasteiger partial charge in [-0.15, -0.1) is 0 Å². The zero-order chi connectivity index (χ0) is 18.1. The molecule has 146 valence electrons. The van der Waals surface area contributed by atoms with Gasteiger partial charge in [0.05, 0.1) is 6.61 Å². The molecule has 0 aromatic heterocycles. The van der Waals surface area contributed by atoms with Gasteiger partial charge in [0.1, 0.15) is 0 Å². The van der Waals surface area contributed by atoms with Crippen molar-refractivity contribution < 1.29 is 22.5 Å². The predicted octanol–water partition coefficient (Wildman–Crippen LogP) is 4.25. The molecule has 0 rings (SSSR count). The predicted molar refractivity (Wildman–Crippen MR) is 105 cm³/mol. The number of unbranched alkanes of at least 4 members (excludes halogenated alkanes) is 13. The fourth-order valence-electron chi connectivity index (χ4n) is 2.67. The number of ether oxygens (including phenoxy) is 1. The van der Waals surface area contributed by atoms with Gasteiger partial charge in [-0.25, -0.2) is 0 Å². The van der Waals surface area contributed by atoms with Crippen LogP contribution in [0.5, 0.6) is 0 Å². The van der Waals surface area contributed by atoms with Crippen LogP contribution in [-0.2, 0) is 19.6 Å². The maximum atomic E-state index is 11.0. The summed E-state index contributed by atoms with van der Waals surface area (Å²) in [4.78, 5) is 11.0. The van der Waals surface area contributed by atoms with Crippen LogP contribution in [0.3, 0.4) is 0 Å². The van der Waals surface area contributed by atoms with E-state index in [0.717, 1.165) is 19.3 Å². The van der Waals surface area contributed by atoms with Crippen LogP contribution in [0.25, 0.3) is 0 Å². The van der Waals surface area contributed by atoms with Crippen LogP contribution in [-0.4, -0.2) is 60.9 Å². The Morgan fingerprint density at radius 2 is 1.12 bits per heavy atom.